The molecule has 2 unspecified atom stereocenters. The van der Waals surface area contributed by atoms with Gasteiger partial charge in [0, 0.05) is 12.1 Å². The third-order valence-electron chi connectivity index (χ3n) is 3.30. The Morgan fingerprint density at radius 3 is 2.85 bits per heavy atom. The van der Waals surface area contributed by atoms with E-state index in [0.29, 0.717) is 5.56 Å². The summed E-state index contributed by atoms with van der Waals surface area (Å²) in [6.07, 6.45) is 1.49. The molecule has 0 radical (unpaired) electrons. The minimum absolute atomic E-state index is 0.0179. The lowest BCUT2D eigenvalue weighted by atomic mass is 10.0. The molecular formula is C13H16ClN3O2S. The van der Waals surface area contributed by atoms with Crippen LogP contribution >= 0.6 is 11.6 Å². The number of nitriles is 1. The lowest BCUT2D eigenvalue weighted by Crippen LogP contribution is -2.46. The lowest BCUT2D eigenvalue weighted by molar-refractivity contribution is 0.361. The zero-order valence-corrected chi connectivity index (χ0v) is 12.6. The summed E-state index contributed by atoms with van der Waals surface area (Å²) >= 11 is 5.96. The van der Waals surface area contributed by atoms with Crippen molar-refractivity contribution in [3.63, 3.8) is 0 Å². The summed E-state index contributed by atoms with van der Waals surface area (Å²) in [6.45, 7) is 2.81. The van der Waals surface area contributed by atoms with Crippen molar-refractivity contribution in [3.8, 4) is 6.07 Å². The molecule has 7 heteroatoms. The fourth-order valence-corrected chi connectivity index (χ4v) is 4.14. The van der Waals surface area contributed by atoms with Crippen molar-refractivity contribution < 1.29 is 8.42 Å². The van der Waals surface area contributed by atoms with Crippen LogP contribution in [0, 0.1) is 11.3 Å². The van der Waals surface area contributed by atoms with Crippen LogP contribution in [0.4, 0.5) is 0 Å². The van der Waals surface area contributed by atoms with Gasteiger partial charge < -0.3 is 5.32 Å². The molecule has 0 bridgehead atoms. The Bertz CT molecular complexity index is 640. The quantitative estimate of drug-likeness (QED) is 0.888. The Hall–Kier alpha value is -1.13. The maximum absolute atomic E-state index is 12.3. The van der Waals surface area contributed by atoms with Crippen LogP contribution in [0.1, 0.15) is 25.3 Å². The van der Waals surface area contributed by atoms with E-state index in [1.165, 1.54) is 18.2 Å². The molecule has 1 heterocycles. The van der Waals surface area contributed by atoms with Crippen molar-refractivity contribution in [1.82, 2.24) is 10.0 Å². The summed E-state index contributed by atoms with van der Waals surface area (Å²) in [4.78, 5) is 0.0179. The van der Waals surface area contributed by atoms with E-state index < -0.39 is 10.0 Å². The Morgan fingerprint density at radius 1 is 1.50 bits per heavy atom. The average molecular weight is 314 g/mol. The predicted molar refractivity (Wildman–Crippen MR) is 77.0 cm³/mol. The normalized spacial score (nSPS) is 23.2. The Morgan fingerprint density at radius 2 is 2.25 bits per heavy atom. The molecule has 20 heavy (non-hydrogen) atoms. The fraction of sp³-hybridized carbons (Fsp3) is 0.462. The Labute approximate surface area is 124 Å². The molecule has 2 atom stereocenters. The largest absolute Gasteiger partial charge is 0.314 e. The van der Waals surface area contributed by atoms with Crippen LogP contribution in [-0.2, 0) is 10.0 Å². The lowest BCUT2D eigenvalue weighted by Gasteiger charge is -2.28. The minimum Gasteiger partial charge on any atom is -0.314 e. The second-order valence-electron chi connectivity index (χ2n) is 4.95. The van der Waals surface area contributed by atoms with E-state index in [2.05, 4.69) is 10.0 Å². The smallest absolute Gasteiger partial charge is 0.242 e. The van der Waals surface area contributed by atoms with Gasteiger partial charge in [-0.25, -0.2) is 13.1 Å². The number of halogens is 1. The van der Waals surface area contributed by atoms with Gasteiger partial charge in [-0.05, 0) is 44.5 Å². The summed E-state index contributed by atoms with van der Waals surface area (Å²) in [5.41, 5.74) is 0.337. The summed E-state index contributed by atoms with van der Waals surface area (Å²) in [7, 11) is -3.66. The van der Waals surface area contributed by atoms with Gasteiger partial charge in [0.05, 0.1) is 16.7 Å². The maximum atomic E-state index is 12.3. The van der Waals surface area contributed by atoms with E-state index in [0.717, 1.165) is 19.4 Å². The van der Waals surface area contributed by atoms with Crippen LogP contribution in [0.3, 0.4) is 0 Å². The van der Waals surface area contributed by atoms with Gasteiger partial charge in [0.15, 0.2) is 0 Å². The molecule has 0 saturated carbocycles. The van der Waals surface area contributed by atoms with Crippen LogP contribution < -0.4 is 10.0 Å². The van der Waals surface area contributed by atoms with Gasteiger partial charge in [-0.15, -0.1) is 0 Å². The van der Waals surface area contributed by atoms with Gasteiger partial charge in [0.25, 0.3) is 0 Å². The summed E-state index contributed by atoms with van der Waals surface area (Å²) in [5.74, 6) is 0. The first-order valence-electron chi connectivity index (χ1n) is 6.38. The van der Waals surface area contributed by atoms with E-state index in [4.69, 9.17) is 16.9 Å². The number of nitrogens with one attached hydrogen (secondary N) is 2. The van der Waals surface area contributed by atoms with E-state index in [1.807, 2.05) is 13.0 Å². The zero-order chi connectivity index (χ0) is 14.8. The van der Waals surface area contributed by atoms with E-state index in [-0.39, 0.29) is 22.0 Å². The summed E-state index contributed by atoms with van der Waals surface area (Å²) in [5, 5.41) is 12.1. The fourth-order valence-electron chi connectivity index (χ4n) is 2.31. The first-order valence-corrected chi connectivity index (χ1v) is 8.24. The van der Waals surface area contributed by atoms with Crippen molar-refractivity contribution in [2.75, 3.05) is 6.54 Å². The summed E-state index contributed by atoms with van der Waals surface area (Å²) in [6, 6.07) is 6.30. The molecular weight excluding hydrogens is 298 g/mol. The van der Waals surface area contributed by atoms with Crippen molar-refractivity contribution in [2.45, 2.75) is 36.7 Å². The highest BCUT2D eigenvalue weighted by Gasteiger charge is 2.25. The number of benzene rings is 1. The third-order valence-corrected chi connectivity index (χ3v) is 5.30. The Kier molecular flexibility index (Phi) is 4.66. The first kappa shape index (κ1) is 15.3. The number of piperidine rings is 1. The van der Waals surface area contributed by atoms with Gasteiger partial charge in [0.1, 0.15) is 4.90 Å². The van der Waals surface area contributed by atoms with Crippen molar-refractivity contribution in [3.05, 3.63) is 28.8 Å². The van der Waals surface area contributed by atoms with Crippen LogP contribution in [0.15, 0.2) is 23.1 Å². The highest BCUT2D eigenvalue weighted by molar-refractivity contribution is 7.89. The minimum atomic E-state index is -3.66. The second kappa shape index (κ2) is 6.10. The van der Waals surface area contributed by atoms with E-state index in [9.17, 15) is 8.42 Å². The molecule has 2 N–H and O–H groups in total. The van der Waals surface area contributed by atoms with E-state index >= 15 is 0 Å². The SMILES string of the molecule is CC1CC(NS(=O)(=O)c2ccc(C#N)cc2Cl)CCN1. The number of hydrogen-bond acceptors (Lipinski definition) is 4. The zero-order valence-electron chi connectivity index (χ0n) is 11.1. The molecule has 0 aliphatic carbocycles. The monoisotopic (exact) mass is 313 g/mol. The molecule has 0 aromatic heterocycles. The van der Waals surface area contributed by atoms with E-state index in [1.54, 1.807) is 0 Å². The average Bonchev–Trinajstić information content (AvgIpc) is 2.37. The van der Waals surface area contributed by atoms with Crippen LogP contribution in [0.5, 0.6) is 0 Å². The van der Waals surface area contributed by atoms with Crippen LogP contribution in [0.25, 0.3) is 0 Å². The molecule has 0 spiro atoms. The molecule has 1 aliphatic heterocycles. The van der Waals surface area contributed by atoms with Gasteiger partial charge in [-0.1, -0.05) is 11.6 Å². The standard InChI is InChI=1S/C13H16ClN3O2S/c1-9-6-11(4-5-16-9)17-20(18,19)13-3-2-10(8-15)7-12(13)14/h2-3,7,9,11,16-17H,4-6H2,1H3. The van der Waals surface area contributed by atoms with Crippen LogP contribution in [-0.4, -0.2) is 27.0 Å². The highest BCUT2D eigenvalue weighted by atomic mass is 35.5. The van der Waals surface area contributed by atoms with Crippen molar-refractivity contribution in [1.29, 1.82) is 5.26 Å². The van der Waals surface area contributed by atoms with Gasteiger partial charge in [-0.3, -0.25) is 0 Å². The summed E-state index contributed by atoms with van der Waals surface area (Å²) < 4.78 is 27.3. The number of rotatable bonds is 3. The van der Waals surface area contributed by atoms with Gasteiger partial charge >= 0.3 is 0 Å². The molecule has 1 aromatic rings. The molecule has 1 aromatic carbocycles. The number of nitrogens with zero attached hydrogens (tertiary/aromatic N) is 1. The van der Waals surface area contributed by atoms with Crippen LogP contribution in [0.2, 0.25) is 5.02 Å². The van der Waals surface area contributed by atoms with Gasteiger partial charge in [0.2, 0.25) is 10.0 Å². The topological polar surface area (TPSA) is 82.0 Å². The molecule has 2 rings (SSSR count). The molecule has 0 amide bonds. The van der Waals surface area contributed by atoms with Crippen molar-refractivity contribution in [2.24, 2.45) is 0 Å². The maximum Gasteiger partial charge on any atom is 0.242 e. The Balaban J connectivity index is 2.20. The second-order valence-corrected chi connectivity index (χ2v) is 7.04. The molecule has 1 saturated heterocycles. The molecule has 1 aliphatic rings. The predicted octanol–water partition coefficient (Wildman–Crippen LogP) is 1.63. The molecule has 108 valence electrons. The number of sulfonamides is 1. The first-order chi connectivity index (χ1) is 9.42. The molecule has 5 nitrogen and oxygen atoms in total. The number of hydrogen-bond donors (Lipinski definition) is 2. The van der Waals surface area contributed by atoms with Gasteiger partial charge in [-0.2, -0.15) is 5.26 Å². The highest BCUT2D eigenvalue weighted by Crippen LogP contribution is 2.23. The van der Waals surface area contributed by atoms with Crippen molar-refractivity contribution >= 4 is 21.6 Å². The molecule has 1 fully saturated rings. The third kappa shape index (κ3) is 3.49.